The number of ether oxygens (including phenoxy) is 1. The second-order valence-electron chi connectivity index (χ2n) is 8.75. The summed E-state index contributed by atoms with van der Waals surface area (Å²) in [6.07, 6.45) is 6.70. The van der Waals surface area contributed by atoms with Gasteiger partial charge in [-0.25, -0.2) is 4.79 Å². The summed E-state index contributed by atoms with van der Waals surface area (Å²) in [7, 11) is 0. The van der Waals surface area contributed by atoms with E-state index >= 15 is 0 Å². The van der Waals surface area contributed by atoms with Gasteiger partial charge >= 0.3 is 6.03 Å². The van der Waals surface area contributed by atoms with Crippen LogP contribution in [0.4, 0.5) is 4.79 Å². The lowest BCUT2D eigenvalue weighted by molar-refractivity contribution is -0.139. The number of carbonyl (C=O) groups is 2. The average molecular weight is 366 g/mol. The topological polar surface area (TPSA) is 61.9 Å². The third kappa shape index (κ3) is 4.90. The normalized spacial score (nSPS) is 25.7. The Morgan fingerprint density at radius 1 is 1.12 bits per heavy atom. The number of rotatable bonds is 4. The van der Waals surface area contributed by atoms with Crippen molar-refractivity contribution in [1.29, 1.82) is 0 Å². The summed E-state index contributed by atoms with van der Waals surface area (Å²) < 4.78 is 6.19. The summed E-state index contributed by atoms with van der Waals surface area (Å²) in [5.41, 5.74) is -0.122. The maximum Gasteiger partial charge on any atom is 0.317 e. The van der Waals surface area contributed by atoms with Crippen LogP contribution in [0.15, 0.2) is 0 Å². The summed E-state index contributed by atoms with van der Waals surface area (Å²) in [5, 5.41) is 3.01. The van der Waals surface area contributed by atoms with Crippen molar-refractivity contribution in [2.24, 2.45) is 11.8 Å². The second kappa shape index (κ2) is 8.59. The fourth-order valence-electron chi connectivity index (χ4n) is 4.52. The molecule has 3 aliphatic rings. The largest absolute Gasteiger partial charge is 0.375 e. The van der Waals surface area contributed by atoms with E-state index in [4.69, 9.17) is 4.74 Å². The van der Waals surface area contributed by atoms with Crippen LogP contribution in [0.25, 0.3) is 0 Å². The zero-order valence-electron chi connectivity index (χ0n) is 16.5. The molecule has 0 aliphatic carbocycles. The van der Waals surface area contributed by atoms with Gasteiger partial charge in [-0.3, -0.25) is 4.79 Å². The smallest absolute Gasteiger partial charge is 0.317 e. The number of hydrogen-bond donors (Lipinski definition) is 1. The molecule has 6 nitrogen and oxygen atoms in total. The predicted octanol–water partition coefficient (Wildman–Crippen LogP) is 2.63. The molecule has 0 aromatic carbocycles. The molecule has 3 amide bonds. The highest BCUT2D eigenvalue weighted by atomic mass is 16.5. The van der Waals surface area contributed by atoms with E-state index in [0.29, 0.717) is 24.2 Å². The number of hydrogen-bond acceptors (Lipinski definition) is 3. The van der Waals surface area contributed by atoms with Crippen LogP contribution in [0, 0.1) is 11.8 Å². The van der Waals surface area contributed by atoms with Crippen molar-refractivity contribution >= 4 is 11.9 Å². The van der Waals surface area contributed by atoms with Crippen LogP contribution in [0.2, 0.25) is 0 Å². The zero-order valence-corrected chi connectivity index (χ0v) is 16.5. The molecule has 1 N–H and O–H groups in total. The van der Waals surface area contributed by atoms with Crippen LogP contribution in [-0.2, 0) is 9.53 Å². The van der Waals surface area contributed by atoms with Crippen LogP contribution >= 0.6 is 0 Å². The molecule has 3 rings (SSSR count). The van der Waals surface area contributed by atoms with E-state index in [-0.39, 0.29) is 11.6 Å². The molecule has 3 fully saturated rings. The quantitative estimate of drug-likeness (QED) is 0.833. The predicted molar refractivity (Wildman–Crippen MR) is 101 cm³/mol. The van der Waals surface area contributed by atoms with Gasteiger partial charge in [0.05, 0.1) is 5.60 Å². The standard InChI is InChI=1S/C20H35N3O3/c1-16(2)15-21-19(25)23-10-6-20(7-11-23)14-17(5-12-26-20)13-18(24)22-8-3-4-9-22/h16-17H,3-15H2,1-2H3,(H,21,25). The first-order chi connectivity index (χ1) is 12.5. The lowest BCUT2D eigenvalue weighted by Crippen LogP contribution is -2.53. The molecular weight excluding hydrogens is 330 g/mol. The highest BCUT2D eigenvalue weighted by Crippen LogP contribution is 2.39. The number of piperidine rings is 1. The number of carbonyl (C=O) groups excluding carboxylic acids is 2. The van der Waals surface area contributed by atoms with E-state index in [1.165, 1.54) is 0 Å². The summed E-state index contributed by atoms with van der Waals surface area (Å²) in [6.45, 7) is 9.04. The summed E-state index contributed by atoms with van der Waals surface area (Å²) in [5.74, 6) is 1.22. The van der Waals surface area contributed by atoms with E-state index in [2.05, 4.69) is 19.2 Å². The Bertz CT molecular complexity index is 495. The first kappa shape index (κ1) is 19.5. The minimum Gasteiger partial charge on any atom is -0.375 e. The molecule has 1 unspecified atom stereocenters. The maximum atomic E-state index is 12.5. The van der Waals surface area contributed by atoms with E-state index in [9.17, 15) is 9.59 Å². The number of amides is 3. The minimum atomic E-state index is -0.122. The van der Waals surface area contributed by atoms with Gasteiger partial charge in [-0.15, -0.1) is 0 Å². The van der Waals surface area contributed by atoms with Crippen LogP contribution in [-0.4, -0.2) is 66.7 Å². The highest BCUT2D eigenvalue weighted by Gasteiger charge is 2.41. The first-order valence-electron chi connectivity index (χ1n) is 10.4. The fourth-order valence-corrected chi connectivity index (χ4v) is 4.52. The fraction of sp³-hybridized carbons (Fsp3) is 0.900. The number of urea groups is 1. The van der Waals surface area contributed by atoms with Crippen LogP contribution in [0.5, 0.6) is 0 Å². The summed E-state index contributed by atoms with van der Waals surface area (Å²) in [4.78, 5) is 28.7. The maximum absolute atomic E-state index is 12.5. The van der Waals surface area contributed by atoms with Gasteiger partial charge in [0.15, 0.2) is 0 Å². The average Bonchev–Trinajstić information content (AvgIpc) is 3.15. The van der Waals surface area contributed by atoms with Crippen molar-refractivity contribution < 1.29 is 14.3 Å². The van der Waals surface area contributed by atoms with Crippen LogP contribution in [0.3, 0.4) is 0 Å². The third-order valence-corrected chi connectivity index (χ3v) is 6.14. The summed E-state index contributed by atoms with van der Waals surface area (Å²) >= 11 is 0. The van der Waals surface area contributed by atoms with Gasteiger partial charge in [0.2, 0.25) is 5.91 Å². The van der Waals surface area contributed by atoms with Crippen LogP contribution < -0.4 is 5.32 Å². The SMILES string of the molecule is CC(C)CNC(=O)N1CCC2(CC1)CC(CC(=O)N1CCCC1)CCO2. The Morgan fingerprint density at radius 3 is 2.46 bits per heavy atom. The lowest BCUT2D eigenvalue weighted by atomic mass is 9.78. The lowest BCUT2D eigenvalue weighted by Gasteiger charge is -2.46. The van der Waals surface area contributed by atoms with Gasteiger partial charge in [-0.1, -0.05) is 13.8 Å². The zero-order chi connectivity index (χ0) is 18.6. The summed E-state index contributed by atoms with van der Waals surface area (Å²) in [6, 6.07) is 0.0464. The van der Waals surface area contributed by atoms with E-state index < -0.39 is 0 Å². The Hall–Kier alpha value is -1.30. The van der Waals surface area contributed by atoms with E-state index in [0.717, 1.165) is 77.9 Å². The van der Waals surface area contributed by atoms with Gasteiger partial charge in [-0.05, 0) is 50.4 Å². The van der Waals surface area contributed by atoms with Crippen molar-refractivity contribution in [2.75, 3.05) is 39.3 Å². The Labute approximate surface area is 157 Å². The van der Waals surface area contributed by atoms with Crippen molar-refractivity contribution in [2.45, 2.75) is 64.4 Å². The molecule has 0 aromatic heterocycles. The molecule has 1 atom stereocenters. The Balaban J connectivity index is 1.47. The molecule has 1 spiro atoms. The second-order valence-corrected chi connectivity index (χ2v) is 8.75. The van der Waals surface area contributed by atoms with Gasteiger partial charge in [0.1, 0.15) is 0 Å². The van der Waals surface area contributed by atoms with Crippen LogP contribution in [0.1, 0.15) is 58.8 Å². The van der Waals surface area contributed by atoms with Crippen molar-refractivity contribution in [1.82, 2.24) is 15.1 Å². The molecule has 3 saturated heterocycles. The Kier molecular flexibility index (Phi) is 6.43. The number of nitrogens with zero attached hydrogens (tertiary/aromatic N) is 2. The minimum absolute atomic E-state index is 0.0464. The highest BCUT2D eigenvalue weighted by molar-refractivity contribution is 5.76. The molecule has 6 heteroatoms. The van der Waals surface area contributed by atoms with Crippen molar-refractivity contribution in [3.63, 3.8) is 0 Å². The monoisotopic (exact) mass is 365 g/mol. The van der Waals surface area contributed by atoms with Gasteiger partial charge in [0, 0.05) is 45.8 Å². The Morgan fingerprint density at radius 2 is 1.81 bits per heavy atom. The molecular formula is C20H35N3O3. The van der Waals surface area contributed by atoms with E-state index in [1.807, 2.05) is 9.80 Å². The third-order valence-electron chi connectivity index (χ3n) is 6.14. The molecule has 0 bridgehead atoms. The van der Waals surface area contributed by atoms with Gasteiger partial charge in [-0.2, -0.15) is 0 Å². The molecule has 0 radical (unpaired) electrons. The number of likely N-dealkylation sites (tertiary alicyclic amines) is 2. The van der Waals surface area contributed by atoms with Gasteiger partial charge in [0.25, 0.3) is 0 Å². The van der Waals surface area contributed by atoms with Crippen molar-refractivity contribution in [3.8, 4) is 0 Å². The molecule has 0 saturated carbocycles. The van der Waals surface area contributed by atoms with Crippen molar-refractivity contribution in [3.05, 3.63) is 0 Å². The molecule has 3 aliphatic heterocycles. The number of nitrogens with one attached hydrogen (secondary N) is 1. The van der Waals surface area contributed by atoms with Gasteiger partial charge < -0.3 is 19.9 Å². The molecule has 3 heterocycles. The van der Waals surface area contributed by atoms with E-state index in [1.54, 1.807) is 0 Å². The molecule has 26 heavy (non-hydrogen) atoms. The first-order valence-corrected chi connectivity index (χ1v) is 10.4. The molecule has 148 valence electrons. The molecule has 0 aromatic rings.